The van der Waals surface area contributed by atoms with Gasteiger partial charge in [0.1, 0.15) is 24.4 Å². The molecule has 0 unspecified atom stereocenters. The van der Waals surface area contributed by atoms with Gasteiger partial charge in [-0.15, -0.1) is 0 Å². The molecule has 0 radical (unpaired) electrons. The number of fused-ring (bicyclic) bond motifs is 1. The molecule has 1 amide bonds. The molecule has 1 saturated carbocycles. The second-order valence-electron chi connectivity index (χ2n) is 8.44. The van der Waals surface area contributed by atoms with Crippen LogP contribution in [0.3, 0.4) is 0 Å². The fourth-order valence-corrected chi connectivity index (χ4v) is 4.57. The van der Waals surface area contributed by atoms with Crippen LogP contribution in [0.2, 0.25) is 0 Å². The summed E-state index contributed by atoms with van der Waals surface area (Å²) < 4.78 is 24.9. The van der Waals surface area contributed by atoms with Crippen molar-refractivity contribution in [2.75, 3.05) is 25.6 Å². The molecule has 8 nitrogen and oxygen atoms in total. The van der Waals surface area contributed by atoms with E-state index in [1.807, 2.05) is 54.6 Å². The molecule has 0 bridgehead atoms. The molecule has 2 aromatic heterocycles. The lowest BCUT2D eigenvalue weighted by molar-refractivity contribution is 0.144. The smallest absolute Gasteiger partial charge is 0.405 e. The highest BCUT2D eigenvalue weighted by Crippen LogP contribution is 2.45. The van der Waals surface area contributed by atoms with Gasteiger partial charge in [-0.2, -0.15) is 9.97 Å². The van der Waals surface area contributed by atoms with Gasteiger partial charge in [0.25, 0.3) is 0 Å². The highest BCUT2D eigenvalue weighted by Gasteiger charge is 2.40. The highest BCUT2D eigenvalue weighted by molar-refractivity contribution is 6.03. The average molecular weight is 477 g/mol. The fourth-order valence-electron chi connectivity index (χ4n) is 4.57. The molecule has 4 aromatic rings. The van der Waals surface area contributed by atoms with Crippen molar-refractivity contribution < 1.29 is 23.4 Å². The van der Waals surface area contributed by atoms with Crippen molar-refractivity contribution in [2.24, 2.45) is 0 Å². The Hall–Kier alpha value is -4.14. The van der Waals surface area contributed by atoms with Crippen LogP contribution in [0.15, 0.2) is 59.0 Å². The van der Waals surface area contributed by atoms with Crippen molar-refractivity contribution in [3.05, 3.63) is 60.2 Å². The number of ether oxygens (including phenoxy) is 1. The van der Waals surface area contributed by atoms with Crippen molar-refractivity contribution in [3.63, 3.8) is 0 Å². The molecule has 1 fully saturated rings. The number of hydrogen-bond acceptors (Lipinski definition) is 6. The summed E-state index contributed by atoms with van der Waals surface area (Å²) in [6, 6.07) is 17.3. The van der Waals surface area contributed by atoms with Crippen LogP contribution in [-0.4, -0.2) is 41.5 Å². The van der Waals surface area contributed by atoms with Gasteiger partial charge in [0.15, 0.2) is 0 Å². The van der Waals surface area contributed by atoms with E-state index < -0.39 is 18.3 Å². The van der Waals surface area contributed by atoms with Crippen LogP contribution in [0.25, 0.3) is 33.6 Å². The topological polar surface area (TPSA) is 110 Å². The van der Waals surface area contributed by atoms with Crippen LogP contribution < -0.4 is 15.4 Å². The van der Waals surface area contributed by atoms with Gasteiger partial charge in [-0.3, -0.25) is 0 Å². The van der Waals surface area contributed by atoms with Gasteiger partial charge >= 0.3 is 6.09 Å². The first-order chi connectivity index (χ1) is 17.0. The van der Waals surface area contributed by atoms with Crippen molar-refractivity contribution in [1.29, 1.82) is 0 Å². The van der Waals surface area contributed by atoms with Crippen molar-refractivity contribution in [2.45, 2.75) is 24.8 Å². The van der Waals surface area contributed by atoms with Gasteiger partial charge in [0, 0.05) is 18.2 Å². The van der Waals surface area contributed by atoms with E-state index in [2.05, 4.69) is 20.6 Å². The van der Waals surface area contributed by atoms with Crippen molar-refractivity contribution >= 4 is 23.1 Å². The number of nitrogens with one attached hydrogen (secondary N) is 2. The standard InChI is InChI=1S/C26H25FN4O4/c1-28-24-29-22(34-15-14-27)20-19(16-6-3-2-4-7-16)21(35-23(20)30-24)17-8-10-18(11-9-17)26(12-5-13-26)31-25(32)33/h2-4,6-11,31H,5,12-15H2,1H3,(H,32,33)(H,28,29,30). The minimum Gasteiger partial charge on any atom is -0.474 e. The third kappa shape index (κ3) is 4.14. The number of carboxylic acid groups (broad SMARTS) is 1. The first-order valence-electron chi connectivity index (χ1n) is 11.4. The third-order valence-electron chi connectivity index (χ3n) is 6.37. The number of anilines is 1. The number of amides is 1. The minimum atomic E-state index is -1.03. The molecule has 0 aliphatic heterocycles. The summed E-state index contributed by atoms with van der Waals surface area (Å²) in [4.78, 5) is 20.2. The minimum absolute atomic E-state index is 0.142. The maximum Gasteiger partial charge on any atom is 0.405 e. The number of furan rings is 1. The molecule has 1 aliphatic carbocycles. The van der Waals surface area contributed by atoms with Crippen LogP contribution >= 0.6 is 0 Å². The Labute approximate surface area is 201 Å². The fraction of sp³-hybridized carbons (Fsp3) is 0.269. The molecule has 2 aromatic carbocycles. The second kappa shape index (κ2) is 9.25. The number of aromatic nitrogens is 2. The Kier molecular flexibility index (Phi) is 5.98. The summed E-state index contributed by atoms with van der Waals surface area (Å²) >= 11 is 0. The summed E-state index contributed by atoms with van der Waals surface area (Å²) in [5.74, 6) is 1.11. The van der Waals surface area contributed by atoms with Crippen LogP contribution in [0.4, 0.5) is 15.1 Å². The first-order valence-corrected chi connectivity index (χ1v) is 11.4. The Balaban J connectivity index is 1.67. The number of rotatable bonds is 8. The van der Waals surface area contributed by atoms with Crippen LogP contribution in [0.1, 0.15) is 24.8 Å². The van der Waals surface area contributed by atoms with Crippen molar-refractivity contribution in [1.82, 2.24) is 15.3 Å². The average Bonchev–Trinajstić information content (AvgIpc) is 3.25. The number of hydrogen-bond donors (Lipinski definition) is 3. The Morgan fingerprint density at radius 2 is 1.86 bits per heavy atom. The van der Waals surface area contributed by atoms with Gasteiger partial charge in [-0.05, 0) is 30.4 Å². The third-order valence-corrected chi connectivity index (χ3v) is 6.37. The Morgan fingerprint density at radius 3 is 2.46 bits per heavy atom. The van der Waals surface area contributed by atoms with E-state index in [4.69, 9.17) is 9.15 Å². The van der Waals surface area contributed by atoms with E-state index in [0.29, 0.717) is 22.8 Å². The zero-order valence-electron chi connectivity index (χ0n) is 19.2. The van der Waals surface area contributed by atoms with Crippen LogP contribution in [0, 0.1) is 0 Å². The lowest BCUT2D eigenvalue weighted by atomic mass is 9.72. The molecule has 0 atom stereocenters. The number of nitrogens with zero attached hydrogens (tertiary/aromatic N) is 2. The molecule has 5 rings (SSSR count). The van der Waals surface area contributed by atoms with Gasteiger partial charge in [-0.25, -0.2) is 9.18 Å². The molecule has 3 N–H and O–H groups in total. The monoisotopic (exact) mass is 476 g/mol. The summed E-state index contributed by atoms with van der Waals surface area (Å²) in [5, 5.41) is 15.4. The van der Waals surface area contributed by atoms with Gasteiger partial charge in [0.2, 0.25) is 17.5 Å². The zero-order chi connectivity index (χ0) is 24.4. The number of benzene rings is 2. The predicted molar refractivity (Wildman–Crippen MR) is 130 cm³/mol. The molecular weight excluding hydrogens is 451 g/mol. The molecule has 9 heteroatoms. The summed E-state index contributed by atoms with van der Waals surface area (Å²) in [6.07, 6.45) is 1.46. The molecule has 1 aliphatic rings. The number of halogens is 1. The molecule has 35 heavy (non-hydrogen) atoms. The SMILES string of the molecule is CNc1nc(OCCF)c2c(-c3ccccc3)c(-c3ccc(C4(NC(=O)O)CCC4)cc3)oc2n1. The molecule has 180 valence electrons. The lowest BCUT2D eigenvalue weighted by Gasteiger charge is -2.42. The first kappa shape index (κ1) is 22.6. The maximum absolute atomic E-state index is 13.0. The lowest BCUT2D eigenvalue weighted by Crippen LogP contribution is -2.50. The summed E-state index contributed by atoms with van der Waals surface area (Å²) in [5.41, 5.74) is 3.08. The molecular formula is C26H25FN4O4. The van der Waals surface area contributed by atoms with E-state index in [-0.39, 0.29) is 12.5 Å². The van der Waals surface area contributed by atoms with Crippen LogP contribution in [-0.2, 0) is 5.54 Å². The Morgan fingerprint density at radius 1 is 1.11 bits per heavy atom. The quantitative estimate of drug-likeness (QED) is 0.304. The van der Waals surface area contributed by atoms with E-state index in [9.17, 15) is 14.3 Å². The molecule has 2 heterocycles. The highest BCUT2D eigenvalue weighted by atomic mass is 19.1. The van der Waals surface area contributed by atoms with E-state index in [1.54, 1.807) is 7.05 Å². The normalized spacial score (nSPS) is 14.3. The Bertz CT molecular complexity index is 1350. The van der Waals surface area contributed by atoms with E-state index in [1.165, 1.54) is 0 Å². The molecule has 0 spiro atoms. The van der Waals surface area contributed by atoms with Crippen molar-refractivity contribution in [3.8, 4) is 28.3 Å². The zero-order valence-corrected chi connectivity index (χ0v) is 19.2. The largest absolute Gasteiger partial charge is 0.474 e. The van der Waals surface area contributed by atoms with Gasteiger partial charge in [0.05, 0.1) is 5.54 Å². The summed E-state index contributed by atoms with van der Waals surface area (Å²) in [7, 11) is 1.68. The van der Waals surface area contributed by atoms with E-state index in [0.717, 1.165) is 41.5 Å². The molecule has 0 saturated heterocycles. The predicted octanol–water partition coefficient (Wildman–Crippen LogP) is 5.59. The van der Waals surface area contributed by atoms with E-state index >= 15 is 0 Å². The summed E-state index contributed by atoms with van der Waals surface area (Å²) in [6.45, 7) is -0.795. The van der Waals surface area contributed by atoms with Gasteiger partial charge in [-0.1, -0.05) is 54.6 Å². The maximum atomic E-state index is 13.0. The van der Waals surface area contributed by atoms with Crippen LogP contribution in [0.5, 0.6) is 5.88 Å². The number of carbonyl (C=O) groups is 1. The number of alkyl halides is 1. The van der Waals surface area contributed by atoms with Gasteiger partial charge < -0.3 is 24.9 Å². The second-order valence-corrected chi connectivity index (χ2v) is 8.44.